The van der Waals surface area contributed by atoms with Gasteiger partial charge in [0.2, 0.25) is 11.8 Å². The van der Waals surface area contributed by atoms with Gasteiger partial charge in [0.15, 0.2) is 9.50 Å². The highest BCUT2D eigenvalue weighted by atomic mass is 32.2. The molecule has 1 aliphatic heterocycles. The maximum atomic E-state index is 12.8. The molecule has 12 heteroatoms. The summed E-state index contributed by atoms with van der Waals surface area (Å²) < 4.78 is 9.06. The number of amides is 2. The molecule has 0 radical (unpaired) electrons. The standard InChI is InChI=1S/C29H28N6O3S3/c1-34-25(15-20-7-4-6-19-5-2-3-8-22(19)20)32-33-28(34)39-17-26(36)30-21-9-10-23-24(16-21)41-29(31-23)40-18-27(37)35-11-13-38-14-12-35/h2-10,16H,11-15,17-18H2,1H3,(H,30,36). The minimum absolute atomic E-state index is 0.103. The van der Waals surface area contributed by atoms with E-state index in [0.717, 1.165) is 20.4 Å². The predicted molar refractivity (Wildman–Crippen MR) is 165 cm³/mol. The van der Waals surface area contributed by atoms with Crippen LogP contribution in [0.2, 0.25) is 0 Å². The number of hydrogen-bond acceptors (Lipinski definition) is 9. The van der Waals surface area contributed by atoms with Crippen LogP contribution in [0, 0.1) is 0 Å². The van der Waals surface area contributed by atoms with Crippen molar-refractivity contribution in [3.63, 3.8) is 0 Å². The summed E-state index contributed by atoms with van der Waals surface area (Å²) in [6.45, 7) is 2.47. The highest BCUT2D eigenvalue weighted by Gasteiger charge is 2.18. The molecule has 1 saturated heterocycles. The third-order valence-corrected chi connectivity index (χ3v) is 9.99. The fourth-order valence-electron chi connectivity index (χ4n) is 4.64. The normalized spacial score (nSPS) is 13.6. The number of hydrogen-bond donors (Lipinski definition) is 1. The zero-order valence-electron chi connectivity index (χ0n) is 22.4. The first kappa shape index (κ1) is 27.7. The largest absolute Gasteiger partial charge is 0.378 e. The van der Waals surface area contributed by atoms with E-state index >= 15 is 0 Å². The number of nitrogens with zero attached hydrogens (tertiary/aromatic N) is 5. The third-order valence-electron chi connectivity index (χ3n) is 6.82. The van der Waals surface area contributed by atoms with Crippen molar-refractivity contribution >= 4 is 73.4 Å². The van der Waals surface area contributed by atoms with Gasteiger partial charge in [-0.2, -0.15) is 0 Å². The van der Waals surface area contributed by atoms with Gasteiger partial charge in [-0.05, 0) is 34.5 Å². The van der Waals surface area contributed by atoms with Crippen LogP contribution in [-0.2, 0) is 27.8 Å². The monoisotopic (exact) mass is 604 g/mol. The lowest BCUT2D eigenvalue weighted by Crippen LogP contribution is -2.41. The lowest BCUT2D eigenvalue weighted by atomic mass is 10.0. The third kappa shape index (κ3) is 6.56. The van der Waals surface area contributed by atoms with Crippen LogP contribution in [0.3, 0.4) is 0 Å². The Morgan fingerprint density at radius 2 is 1.83 bits per heavy atom. The number of carbonyl (C=O) groups excluding carboxylic acids is 2. The van der Waals surface area contributed by atoms with E-state index in [1.54, 1.807) is 0 Å². The molecule has 0 bridgehead atoms. The number of anilines is 1. The Morgan fingerprint density at radius 1 is 1.00 bits per heavy atom. The molecule has 0 saturated carbocycles. The molecule has 0 atom stereocenters. The zero-order valence-corrected chi connectivity index (χ0v) is 24.9. The second-order valence-electron chi connectivity index (χ2n) is 9.55. The van der Waals surface area contributed by atoms with Crippen molar-refractivity contribution in [2.45, 2.75) is 15.9 Å². The summed E-state index contributed by atoms with van der Waals surface area (Å²) in [6.07, 6.45) is 0.661. The second-order valence-corrected chi connectivity index (χ2v) is 12.7. The fourth-order valence-corrected chi connectivity index (χ4v) is 7.38. The minimum Gasteiger partial charge on any atom is -0.378 e. The molecule has 3 heterocycles. The highest BCUT2D eigenvalue weighted by Crippen LogP contribution is 2.31. The first-order chi connectivity index (χ1) is 20.0. The highest BCUT2D eigenvalue weighted by molar-refractivity contribution is 8.01. The second kappa shape index (κ2) is 12.6. The van der Waals surface area contributed by atoms with Gasteiger partial charge in [-0.3, -0.25) is 9.59 Å². The average molecular weight is 605 g/mol. The van der Waals surface area contributed by atoms with Gasteiger partial charge in [-0.1, -0.05) is 66.0 Å². The topological polar surface area (TPSA) is 102 Å². The number of fused-ring (bicyclic) bond motifs is 2. The number of thioether (sulfide) groups is 2. The van der Waals surface area contributed by atoms with Gasteiger partial charge >= 0.3 is 0 Å². The van der Waals surface area contributed by atoms with Gasteiger partial charge < -0.3 is 19.5 Å². The van der Waals surface area contributed by atoms with Gasteiger partial charge in [0.05, 0.1) is 34.9 Å². The lowest BCUT2D eigenvalue weighted by Gasteiger charge is -2.26. The zero-order chi connectivity index (χ0) is 28.2. The van der Waals surface area contributed by atoms with E-state index in [9.17, 15) is 9.59 Å². The summed E-state index contributed by atoms with van der Waals surface area (Å²) in [5.74, 6) is 1.40. The number of rotatable bonds is 9. The van der Waals surface area contributed by atoms with Gasteiger partial charge in [0.25, 0.3) is 0 Å². The minimum atomic E-state index is -0.122. The molecule has 0 unspecified atom stereocenters. The van der Waals surface area contributed by atoms with Gasteiger partial charge in [-0.25, -0.2) is 4.98 Å². The van der Waals surface area contributed by atoms with Crippen LogP contribution >= 0.6 is 34.9 Å². The molecule has 1 N–H and O–H groups in total. The number of nitrogens with one attached hydrogen (secondary N) is 1. The lowest BCUT2D eigenvalue weighted by molar-refractivity contribution is -0.132. The Morgan fingerprint density at radius 3 is 2.71 bits per heavy atom. The van der Waals surface area contributed by atoms with Crippen LogP contribution in [-0.4, -0.2) is 74.3 Å². The van der Waals surface area contributed by atoms with E-state index in [1.807, 2.05) is 46.8 Å². The average Bonchev–Trinajstić information content (AvgIpc) is 3.57. The number of aromatic nitrogens is 4. The number of morpholine rings is 1. The summed E-state index contributed by atoms with van der Waals surface area (Å²) in [6, 6.07) is 20.3. The Balaban J connectivity index is 1.03. The predicted octanol–water partition coefficient (Wildman–Crippen LogP) is 4.85. The molecule has 6 rings (SSSR count). The molecular weight excluding hydrogens is 577 g/mol. The first-order valence-electron chi connectivity index (χ1n) is 13.2. The van der Waals surface area contributed by atoms with E-state index in [4.69, 9.17) is 4.74 Å². The quantitative estimate of drug-likeness (QED) is 0.238. The van der Waals surface area contributed by atoms with Gasteiger partial charge in [0, 0.05) is 32.2 Å². The molecule has 210 valence electrons. The molecule has 1 fully saturated rings. The van der Waals surface area contributed by atoms with Crippen molar-refractivity contribution < 1.29 is 14.3 Å². The fraction of sp³-hybridized carbons (Fsp3) is 0.276. The molecule has 5 aromatic rings. The van der Waals surface area contributed by atoms with E-state index in [-0.39, 0.29) is 17.6 Å². The smallest absolute Gasteiger partial charge is 0.234 e. The Kier molecular flexibility index (Phi) is 8.51. The van der Waals surface area contributed by atoms with Crippen LogP contribution in [0.5, 0.6) is 0 Å². The van der Waals surface area contributed by atoms with Crippen LogP contribution in [0.4, 0.5) is 5.69 Å². The van der Waals surface area contributed by atoms with Crippen molar-refractivity contribution in [1.29, 1.82) is 0 Å². The van der Waals surface area contributed by atoms with Crippen LogP contribution in [0.15, 0.2) is 70.2 Å². The molecule has 1 aliphatic rings. The van der Waals surface area contributed by atoms with Crippen molar-refractivity contribution in [3.05, 3.63) is 72.1 Å². The summed E-state index contributed by atoms with van der Waals surface area (Å²) in [5, 5.41) is 14.8. The summed E-state index contributed by atoms with van der Waals surface area (Å²) in [5.41, 5.74) is 2.75. The molecule has 0 aliphatic carbocycles. The summed E-state index contributed by atoms with van der Waals surface area (Å²) in [7, 11) is 1.93. The molecule has 0 spiro atoms. The van der Waals surface area contributed by atoms with Crippen molar-refractivity contribution in [2.75, 3.05) is 43.1 Å². The molecule has 2 amide bonds. The number of carbonyl (C=O) groups is 2. The number of thiazole rings is 1. The Hall–Kier alpha value is -3.45. The maximum absolute atomic E-state index is 12.8. The SMILES string of the molecule is Cn1c(Cc2cccc3ccccc23)nnc1SCC(=O)Nc1ccc2nc(SCC(=O)N3CCOCC3)sc2c1. The maximum Gasteiger partial charge on any atom is 0.234 e. The van der Waals surface area contributed by atoms with Gasteiger partial charge in [-0.15, -0.1) is 21.5 Å². The van der Waals surface area contributed by atoms with E-state index in [2.05, 4.69) is 50.8 Å². The molecule has 9 nitrogen and oxygen atoms in total. The van der Waals surface area contributed by atoms with Crippen LogP contribution in [0.25, 0.3) is 21.0 Å². The summed E-state index contributed by atoms with van der Waals surface area (Å²) in [4.78, 5) is 31.7. The molecule has 3 aromatic carbocycles. The molecule has 41 heavy (non-hydrogen) atoms. The molecule has 2 aromatic heterocycles. The summed E-state index contributed by atoms with van der Waals surface area (Å²) >= 11 is 4.33. The van der Waals surface area contributed by atoms with Gasteiger partial charge in [0.1, 0.15) is 5.82 Å². The number of benzene rings is 3. The van der Waals surface area contributed by atoms with Crippen molar-refractivity contribution in [3.8, 4) is 0 Å². The van der Waals surface area contributed by atoms with Crippen molar-refractivity contribution in [1.82, 2.24) is 24.6 Å². The first-order valence-corrected chi connectivity index (χ1v) is 16.0. The van der Waals surface area contributed by atoms with E-state index in [0.29, 0.717) is 49.3 Å². The van der Waals surface area contributed by atoms with Crippen LogP contribution < -0.4 is 5.32 Å². The Bertz CT molecular complexity index is 1710. The van der Waals surface area contributed by atoms with E-state index in [1.165, 1.54) is 51.2 Å². The van der Waals surface area contributed by atoms with Crippen molar-refractivity contribution in [2.24, 2.45) is 7.05 Å². The number of ether oxygens (including phenoxy) is 1. The van der Waals surface area contributed by atoms with E-state index < -0.39 is 0 Å². The Labute approximate surface area is 249 Å². The molecular formula is C29H28N6O3S3. The van der Waals surface area contributed by atoms with Crippen LogP contribution in [0.1, 0.15) is 11.4 Å².